The summed E-state index contributed by atoms with van der Waals surface area (Å²) in [4.78, 5) is 0. The van der Waals surface area contributed by atoms with Gasteiger partial charge in [0.05, 0.1) is 7.11 Å². The zero-order valence-electron chi connectivity index (χ0n) is 12.1. The SMILES string of the molecule is COc1c(C)c(C)cc(C)c1CNCCCCN. The molecule has 3 N–H and O–H groups in total. The smallest absolute Gasteiger partial charge is 0.126 e. The molecule has 102 valence electrons. The van der Waals surface area contributed by atoms with Crippen LogP contribution in [0.25, 0.3) is 0 Å². The standard InChI is InChI=1S/C15H26N2O/c1-11-9-12(2)14(15(18-4)13(11)3)10-17-8-6-5-7-16/h9,17H,5-8,10,16H2,1-4H3. The molecule has 0 aliphatic carbocycles. The van der Waals surface area contributed by atoms with Crippen molar-refractivity contribution in [2.45, 2.75) is 40.2 Å². The maximum absolute atomic E-state index is 5.56. The van der Waals surface area contributed by atoms with Crippen LogP contribution in [0.5, 0.6) is 5.75 Å². The quantitative estimate of drug-likeness (QED) is 0.731. The molecule has 0 fully saturated rings. The van der Waals surface area contributed by atoms with Gasteiger partial charge in [0, 0.05) is 12.1 Å². The molecule has 0 heterocycles. The van der Waals surface area contributed by atoms with Gasteiger partial charge in [-0.25, -0.2) is 0 Å². The molecule has 0 radical (unpaired) electrons. The van der Waals surface area contributed by atoms with Crippen LogP contribution in [0.1, 0.15) is 35.1 Å². The van der Waals surface area contributed by atoms with Gasteiger partial charge in [0.25, 0.3) is 0 Å². The average molecular weight is 250 g/mol. The van der Waals surface area contributed by atoms with Crippen molar-refractivity contribution in [1.29, 1.82) is 0 Å². The molecule has 0 unspecified atom stereocenters. The van der Waals surface area contributed by atoms with E-state index in [1.807, 2.05) is 0 Å². The highest BCUT2D eigenvalue weighted by Crippen LogP contribution is 2.29. The van der Waals surface area contributed by atoms with Crippen LogP contribution in [-0.2, 0) is 6.54 Å². The van der Waals surface area contributed by atoms with Crippen molar-refractivity contribution in [3.63, 3.8) is 0 Å². The second-order valence-corrected chi connectivity index (χ2v) is 4.82. The molecular weight excluding hydrogens is 224 g/mol. The molecule has 0 spiro atoms. The van der Waals surface area contributed by atoms with Gasteiger partial charge < -0.3 is 15.8 Å². The molecular formula is C15H26N2O. The van der Waals surface area contributed by atoms with E-state index in [0.717, 1.165) is 38.2 Å². The first-order chi connectivity index (χ1) is 8.61. The van der Waals surface area contributed by atoms with E-state index in [2.05, 4.69) is 32.2 Å². The van der Waals surface area contributed by atoms with Crippen molar-refractivity contribution in [2.24, 2.45) is 5.73 Å². The van der Waals surface area contributed by atoms with Crippen molar-refractivity contribution in [3.05, 3.63) is 28.3 Å². The lowest BCUT2D eigenvalue weighted by Gasteiger charge is -2.17. The number of nitrogens with one attached hydrogen (secondary N) is 1. The second kappa shape index (κ2) is 7.39. The van der Waals surface area contributed by atoms with Gasteiger partial charge in [-0.05, 0) is 63.4 Å². The van der Waals surface area contributed by atoms with Gasteiger partial charge in [0.15, 0.2) is 0 Å². The Hall–Kier alpha value is -1.06. The van der Waals surface area contributed by atoms with Crippen LogP contribution in [0.4, 0.5) is 0 Å². The molecule has 3 heteroatoms. The highest BCUT2D eigenvalue weighted by atomic mass is 16.5. The van der Waals surface area contributed by atoms with Crippen molar-refractivity contribution in [1.82, 2.24) is 5.32 Å². The van der Waals surface area contributed by atoms with Crippen LogP contribution in [0, 0.1) is 20.8 Å². The topological polar surface area (TPSA) is 47.3 Å². The number of aryl methyl sites for hydroxylation is 2. The average Bonchev–Trinajstić information content (AvgIpc) is 2.35. The van der Waals surface area contributed by atoms with E-state index >= 15 is 0 Å². The highest BCUT2D eigenvalue weighted by Gasteiger charge is 2.11. The van der Waals surface area contributed by atoms with Crippen LogP contribution in [0.3, 0.4) is 0 Å². The van der Waals surface area contributed by atoms with Gasteiger partial charge in [-0.2, -0.15) is 0 Å². The Bertz CT molecular complexity index is 389. The molecule has 0 aliphatic rings. The predicted octanol–water partition coefficient (Wildman–Crippen LogP) is 2.45. The van der Waals surface area contributed by atoms with Crippen LogP contribution in [0.2, 0.25) is 0 Å². The molecule has 0 aromatic heterocycles. The number of benzene rings is 1. The fraction of sp³-hybridized carbons (Fsp3) is 0.600. The molecule has 0 aliphatic heterocycles. The van der Waals surface area contributed by atoms with Crippen molar-refractivity contribution in [2.75, 3.05) is 20.2 Å². The van der Waals surface area contributed by atoms with Crippen molar-refractivity contribution < 1.29 is 4.74 Å². The third kappa shape index (κ3) is 3.72. The lowest BCUT2D eigenvalue weighted by molar-refractivity contribution is 0.403. The summed E-state index contributed by atoms with van der Waals surface area (Å²) in [5.41, 5.74) is 10.6. The van der Waals surface area contributed by atoms with Gasteiger partial charge in [0.1, 0.15) is 5.75 Å². The van der Waals surface area contributed by atoms with Crippen LogP contribution < -0.4 is 15.8 Å². The Balaban J connectivity index is 2.72. The molecule has 0 amide bonds. The summed E-state index contributed by atoms with van der Waals surface area (Å²) in [5.74, 6) is 1.03. The summed E-state index contributed by atoms with van der Waals surface area (Å²) < 4.78 is 5.56. The lowest BCUT2D eigenvalue weighted by Crippen LogP contribution is -2.17. The molecule has 0 bridgehead atoms. The number of unbranched alkanes of at least 4 members (excludes halogenated alkanes) is 1. The maximum Gasteiger partial charge on any atom is 0.126 e. The molecule has 1 rings (SSSR count). The first-order valence-corrected chi connectivity index (χ1v) is 6.66. The van der Waals surface area contributed by atoms with Crippen LogP contribution in [0.15, 0.2) is 6.07 Å². The third-order valence-corrected chi connectivity index (χ3v) is 3.43. The lowest BCUT2D eigenvalue weighted by atomic mass is 9.99. The fourth-order valence-corrected chi connectivity index (χ4v) is 2.21. The molecule has 3 nitrogen and oxygen atoms in total. The van der Waals surface area contributed by atoms with Crippen molar-refractivity contribution >= 4 is 0 Å². The summed E-state index contributed by atoms with van der Waals surface area (Å²) in [5, 5.41) is 3.46. The molecule has 0 saturated carbocycles. The van der Waals surface area contributed by atoms with E-state index in [0.29, 0.717) is 0 Å². The minimum Gasteiger partial charge on any atom is -0.496 e. The normalized spacial score (nSPS) is 10.7. The Morgan fingerprint density at radius 2 is 1.89 bits per heavy atom. The Labute approximate surface area is 111 Å². The molecule has 18 heavy (non-hydrogen) atoms. The van der Waals surface area contributed by atoms with E-state index in [9.17, 15) is 0 Å². The first-order valence-electron chi connectivity index (χ1n) is 6.66. The van der Waals surface area contributed by atoms with E-state index in [1.54, 1.807) is 7.11 Å². The van der Waals surface area contributed by atoms with Gasteiger partial charge in [-0.1, -0.05) is 6.07 Å². The Morgan fingerprint density at radius 3 is 2.50 bits per heavy atom. The monoisotopic (exact) mass is 250 g/mol. The largest absolute Gasteiger partial charge is 0.496 e. The number of ether oxygens (including phenoxy) is 1. The zero-order chi connectivity index (χ0) is 13.5. The van der Waals surface area contributed by atoms with Crippen molar-refractivity contribution in [3.8, 4) is 5.75 Å². The molecule has 0 atom stereocenters. The summed E-state index contributed by atoms with van der Waals surface area (Å²) in [7, 11) is 1.75. The number of hydrogen-bond donors (Lipinski definition) is 2. The first kappa shape index (κ1) is 15.0. The summed E-state index contributed by atoms with van der Waals surface area (Å²) in [6.45, 7) is 9.03. The van der Waals surface area contributed by atoms with E-state index < -0.39 is 0 Å². The second-order valence-electron chi connectivity index (χ2n) is 4.82. The summed E-state index contributed by atoms with van der Waals surface area (Å²) in [6.07, 6.45) is 2.21. The number of methoxy groups -OCH3 is 1. The summed E-state index contributed by atoms with van der Waals surface area (Å²) >= 11 is 0. The van der Waals surface area contributed by atoms with Gasteiger partial charge in [-0.3, -0.25) is 0 Å². The van der Waals surface area contributed by atoms with Crippen LogP contribution in [-0.4, -0.2) is 20.2 Å². The van der Waals surface area contributed by atoms with Gasteiger partial charge >= 0.3 is 0 Å². The maximum atomic E-state index is 5.56. The zero-order valence-corrected chi connectivity index (χ0v) is 12.1. The predicted molar refractivity (Wildman–Crippen MR) is 77.2 cm³/mol. The highest BCUT2D eigenvalue weighted by molar-refractivity contribution is 5.49. The molecule has 0 saturated heterocycles. The third-order valence-electron chi connectivity index (χ3n) is 3.43. The molecule has 1 aromatic rings. The van der Waals surface area contributed by atoms with Gasteiger partial charge in [-0.15, -0.1) is 0 Å². The van der Waals surface area contributed by atoms with Gasteiger partial charge in [0.2, 0.25) is 0 Å². The van der Waals surface area contributed by atoms with E-state index in [1.165, 1.54) is 22.3 Å². The van der Waals surface area contributed by atoms with Crippen LogP contribution >= 0.6 is 0 Å². The number of hydrogen-bond acceptors (Lipinski definition) is 3. The minimum atomic E-state index is 0.771. The minimum absolute atomic E-state index is 0.771. The molecule has 1 aromatic carbocycles. The summed E-state index contributed by atoms with van der Waals surface area (Å²) in [6, 6.07) is 2.23. The number of nitrogens with two attached hydrogens (primary N) is 1. The number of rotatable bonds is 7. The van der Waals surface area contributed by atoms with E-state index in [4.69, 9.17) is 10.5 Å². The fourth-order valence-electron chi connectivity index (χ4n) is 2.21. The Morgan fingerprint density at radius 1 is 1.17 bits per heavy atom. The Kier molecular flexibility index (Phi) is 6.16. The van der Waals surface area contributed by atoms with E-state index in [-0.39, 0.29) is 0 Å².